The fourth-order valence-corrected chi connectivity index (χ4v) is 4.91. The number of hydrogen-bond acceptors (Lipinski definition) is 4. The van der Waals surface area contributed by atoms with Crippen LogP contribution in [0, 0.1) is 0 Å². The Balaban J connectivity index is 3.96. The summed E-state index contributed by atoms with van der Waals surface area (Å²) in [4.78, 5) is 14.4. The zero-order valence-electron chi connectivity index (χ0n) is 24.2. The molecule has 0 fully saturated rings. The lowest BCUT2D eigenvalue weighted by atomic mass is 10.0. The van der Waals surface area contributed by atoms with E-state index in [4.69, 9.17) is 0 Å². The fourth-order valence-electron chi connectivity index (χ4n) is 4.91. The highest BCUT2D eigenvalue weighted by Crippen LogP contribution is 2.15. The molecule has 5 nitrogen and oxygen atoms in total. The summed E-state index contributed by atoms with van der Waals surface area (Å²) in [6, 6.07) is 0. The summed E-state index contributed by atoms with van der Waals surface area (Å²) in [5.41, 5.74) is 0. The van der Waals surface area contributed by atoms with E-state index in [1.807, 2.05) is 0 Å². The average molecular weight is 514 g/mol. The average Bonchev–Trinajstić information content (AvgIpc) is 2.88. The molecule has 0 heterocycles. The largest absolute Gasteiger partial charge is 0.394 e. The molecule has 5 heteroatoms. The normalized spacial score (nSPS) is 13.1. The van der Waals surface area contributed by atoms with Crippen molar-refractivity contribution in [2.24, 2.45) is 0 Å². The van der Waals surface area contributed by atoms with E-state index in [0.717, 1.165) is 25.7 Å². The molecule has 0 spiro atoms. The van der Waals surface area contributed by atoms with Crippen LogP contribution in [0.2, 0.25) is 0 Å². The minimum Gasteiger partial charge on any atom is -0.394 e. The van der Waals surface area contributed by atoms with Gasteiger partial charge >= 0.3 is 0 Å². The maximum absolute atomic E-state index is 12.8. The van der Waals surface area contributed by atoms with Crippen molar-refractivity contribution in [3.63, 3.8) is 0 Å². The van der Waals surface area contributed by atoms with Gasteiger partial charge in [0.2, 0.25) is 0 Å². The van der Waals surface area contributed by atoms with E-state index in [1.165, 1.54) is 116 Å². The Morgan fingerprint density at radius 2 is 0.944 bits per heavy atom. The van der Waals surface area contributed by atoms with Crippen molar-refractivity contribution in [1.29, 1.82) is 0 Å². The summed E-state index contributed by atoms with van der Waals surface area (Å²) in [6.07, 6.45) is 25.9. The van der Waals surface area contributed by atoms with Crippen LogP contribution < -0.4 is 0 Å². The highest BCUT2D eigenvalue weighted by Gasteiger charge is 2.23. The standard InChI is InChI=1S/C31H63NO4/c1-3-5-7-9-11-13-15-16-17-19-21-23-25-30(35)31(36)32(27-29(34)28-33)26-24-22-20-18-14-12-10-8-6-4-2/h29-30,33-35H,3-28H2,1-2H3. The van der Waals surface area contributed by atoms with E-state index in [1.54, 1.807) is 4.90 Å². The highest BCUT2D eigenvalue weighted by molar-refractivity contribution is 5.80. The Bertz CT molecular complexity index is 460. The molecule has 0 saturated carbocycles. The monoisotopic (exact) mass is 513 g/mol. The van der Waals surface area contributed by atoms with Crippen LogP contribution in [-0.2, 0) is 4.79 Å². The van der Waals surface area contributed by atoms with Gasteiger partial charge in [0.25, 0.3) is 5.91 Å². The van der Waals surface area contributed by atoms with E-state index in [9.17, 15) is 20.1 Å². The van der Waals surface area contributed by atoms with Crippen LogP contribution >= 0.6 is 0 Å². The molecule has 36 heavy (non-hydrogen) atoms. The van der Waals surface area contributed by atoms with E-state index < -0.39 is 12.2 Å². The molecule has 0 radical (unpaired) electrons. The number of aliphatic hydroxyl groups is 3. The molecule has 2 atom stereocenters. The molecule has 0 saturated heterocycles. The molecule has 0 aliphatic carbocycles. The van der Waals surface area contributed by atoms with Crippen LogP contribution in [-0.4, -0.2) is 58.0 Å². The maximum Gasteiger partial charge on any atom is 0.251 e. The number of nitrogens with zero attached hydrogens (tertiary/aromatic N) is 1. The van der Waals surface area contributed by atoms with Crippen molar-refractivity contribution < 1.29 is 20.1 Å². The van der Waals surface area contributed by atoms with Crippen LogP contribution in [0.25, 0.3) is 0 Å². The summed E-state index contributed by atoms with van der Waals surface area (Å²) >= 11 is 0. The third-order valence-corrected chi connectivity index (χ3v) is 7.35. The smallest absolute Gasteiger partial charge is 0.251 e. The van der Waals surface area contributed by atoms with Gasteiger partial charge in [-0.05, 0) is 12.8 Å². The maximum atomic E-state index is 12.8. The number of unbranched alkanes of at least 4 members (excludes halogenated alkanes) is 20. The second-order valence-electron chi connectivity index (χ2n) is 11.0. The van der Waals surface area contributed by atoms with Gasteiger partial charge in [-0.3, -0.25) is 4.79 Å². The molecule has 2 unspecified atom stereocenters. The minimum atomic E-state index is -0.998. The molecule has 0 aromatic heterocycles. The molecule has 0 rings (SSSR count). The Kier molecular flexibility index (Phi) is 26.9. The topological polar surface area (TPSA) is 81.0 Å². The number of hydrogen-bond donors (Lipinski definition) is 3. The zero-order chi connectivity index (χ0) is 26.7. The second-order valence-corrected chi connectivity index (χ2v) is 11.0. The fraction of sp³-hybridized carbons (Fsp3) is 0.968. The quantitative estimate of drug-likeness (QED) is 0.0944. The Morgan fingerprint density at radius 1 is 0.583 bits per heavy atom. The predicted octanol–water partition coefficient (Wildman–Crippen LogP) is 7.54. The van der Waals surface area contributed by atoms with Crippen LogP contribution in [0.4, 0.5) is 0 Å². The van der Waals surface area contributed by atoms with Crippen LogP contribution in [0.15, 0.2) is 0 Å². The van der Waals surface area contributed by atoms with Gasteiger partial charge in [-0.1, -0.05) is 149 Å². The number of carbonyl (C=O) groups is 1. The van der Waals surface area contributed by atoms with Gasteiger partial charge in [-0.2, -0.15) is 0 Å². The Morgan fingerprint density at radius 3 is 1.33 bits per heavy atom. The molecule has 0 aliphatic heterocycles. The van der Waals surface area contributed by atoms with E-state index in [-0.39, 0.29) is 19.1 Å². The van der Waals surface area contributed by atoms with E-state index in [0.29, 0.717) is 13.0 Å². The van der Waals surface area contributed by atoms with E-state index in [2.05, 4.69) is 13.8 Å². The highest BCUT2D eigenvalue weighted by atomic mass is 16.3. The Hall–Kier alpha value is -0.650. The van der Waals surface area contributed by atoms with Crippen LogP contribution in [0.3, 0.4) is 0 Å². The van der Waals surface area contributed by atoms with Crippen molar-refractivity contribution >= 4 is 5.91 Å². The summed E-state index contributed by atoms with van der Waals surface area (Å²) in [6.45, 7) is 4.78. The van der Waals surface area contributed by atoms with Crippen molar-refractivity contribution in [3.8, 4) is 0 Å². The first-order chi connectivity index (χ1) is 17.6. The molecule has 0 aromatic rings. The lowest BCUT2D eigenvalue weighted by Crippen LogP contribution is -2.44. The number of carbonyl (C=O) groups excluding carboxylic acids is 1. The summed E-state index contributed by atoms with van der Waals surface area (Å²) in [5, 5.41) is 29.6. The molecule has 216 valence electrons. The third kappa shape index (κ3) is 22.5. The number of aliphatic hydroxyl groups excluding tert-OH is 3. The van der Waals surface area contributed by atoms with Crippen molar-refractivity contribution in [1.82, 2.24) is 4.90 Å². The van der Waals surface area contributed by atoms with Crippen molar-refractivity contribution in [2.75, 3.05) is 19.7 Å². The molecule has 0 aliphatic rings. The lowest BCUT2D eigenvalue weighted by molar-refractivity contribution is -0.142. The second kappa shape index (κ2) is 27.4. The summed E-state index contributed by atoms with van der Waals surface area (Å²) in [5.74, 6) is -0.290. The van der Waals surface area contributed by atoms with Gasteiger partial charge in [0.05, 0.1) is 12.7 Å². The molecule has 0 aromatic carbocycles. The lowest BCUT2D eigenvalue weighted by Gasteiger charge is -2.27. The first kappa shape index (κ1) is 35.4. The summed E-state index contributed by atoms with van der Waals surface area (Å²) in [7, 11) is 0. The number of amides is 1. The Labute approximate surface area is 224 Å². The van der Waals surface area contributed by atoms with Gasteiger partial charge in [0.15, 0.2) is 0 Å². The molecular formula is C31H63NO4. The molecule has 0 bridgehead atoms. The van der Waals surface area contributed by atoms with Crippen LogP contribution in [0.1, 0.15) is 162 Å². The van der Waals surface area contributed by atoms with Gasteiger partial charge in [-0.25, -0.2) is 0 Å². The number of rotatable bonds is 28. The summed E-state index contributed by atoms with van der Waals surface area (Å²) < 4.78 is 0. The van der Waals surface area contributed by atoms with Crippen LogP contribution in [0.5, 0.6) is 0 Å². The predicted molar refractivity (Wildman–Crippen MR) is 153 cm³/mol. The van der Waals surface area contributed by atoms with Gasteiger partial charge in [-0.15, -0.1) is 0 Å². The minimum absolute atomic E-state index is 0.0995. The molecule has 3 N–H and O–H groups in total. The van der Waals surface area contributed by atoms with Crippen molar-refractivity contribution in [2.45, 2.75) is 174 Å². The van der Waals surface area contributed by atoms with Crippen molar-refractivity contribution in [3.05, 3.63) is 0 Å². The van der Waals surface area contributed by atoms with Gasteiger partial charge in [0, 0.05) is 13.1 Å². The molecule has 1 amide bonds. The zero-order valence-corrected chi connectivity index (χ0v) is 24.2. The van der Waals surface area contributed by atoms with Gasteiger partial charge in [0.1, 0.15) is 6.10 Å². The van der Waals surface area contributed by atoms with Gasteiger partial charge < -0.3 is 20.2 Å². The first-order valence-corrected chi connectivity index (χ1v) is 15.8. The SMILES string of the molecule is CCCCCCCCCCCCCCC(O)C(=O)N(CCCCCCCCCCCC)CC(O)CO. The van der Waals surface area contributed by atoms with E-state index >= 15 is 0 Å². The molecular weight excluding hydrogens is 450 g/mol. The first-order valence-electron chi connectivity index (χ1n) is 15.8. The third-order valence-electron chi connectivity index (χ3n) is 7.35.